The van der Waals surface area contributed by atoms with Crippen LogP contribution in [0.25, 0.3) is 0 Å². The lowest BCUT2D eigenvalue weighted by Crippen LogP contribution is -2.43. The molecule has 0 radical (unpaired) electrons. The van der Waals surface area contributed by atoms with Gasteiger partial charge in [0.15, 0.2) is 0 Å². The third kappa shape index (κ3) is 4.21. The van der Waals surface area contributed by atoms with Crippen molar-refractivity contribution in [2.75, 3.05) is 7.05 Å². The minimum absolute atomic E-state index is 0.168. The van der Waals surface area contributed by atoms with Gasteiger partial charge in [-0.1, -0.05) is 25.4 Å². The molecule has 104 valence electrons. The van der Waals surface area contributed by atoms with Crippen LogP contribution in [0, 0.1) is 0 Å². The molecule has 6 heteroatoms. The summed E-state index contributed by atoms with van der Waals surface area (Å²) in [4.78, 5) is 27.5. The van der Waals surface area contributed by atoms with Crippen molar-refractivity contribution in [3.05, 3.63) is 28.5 Å². The van der Waals surface area contributed by atoms with Gasteiger partial charge in [0.25, 0.3) is 5.91 Å². The number of carbonyl (C=O) groups excluding carboxylic acids is 2. The lowest BCUT2D eigenvalue weighted by molar-refractivity contribution is -0.122. The number of pyridine rings is 1. The third-order valence-corrected chi connectivity index (χ3v) is 2.85. The van der Waals surface area contributed by atoms with Gasteiger partial charge in [-0.25, -0.2) is 4.98 Å². The second-order valence-corrected chi connectivity index (χ2v) is 4.95. The third-order valence-electron chi connectivity index (χ3n) is 2.65. The molecule has 0 bridgehead atoms. The summed E-state index contributed by atoms with van der Waals surface area (Å²) in [7, 11) is 1.52. The Kier molecular flexibility index (Phi) is 5.30. The highest BCUT2D eigenvalue weighted by Gasteiger charge is 2.17. The number of halogens is 1. The van der Waals surface area contributed by atoms with E-state index < -0.39 is 6.04 Å². The molecule has 0 aliphatic rings. The molecular formula is C13H18ClN3O2. The quantitative estimate of drug-likeness (QED) is 0.827. The molecule has 0 spiro atoms. The zero-order chi connectivity index (χ0) is 14.6. The van der Waals surface area contributed by atoms with E-state index in [0.29, 0.717) is 5.56 Å². The lowest BCUT2D eigenvalue weighted by Gasteiger charge is -2.13. The average molecular weight is 284 g/mol. The van der Waals surface area contributed by atoms with Crippen LogP contribution >= 0.6 is 11.6 Å². The minimum Gasteiger partial charge on any atom is -0.357 e. The molecule has 2 N–H and O–H groups in total. The topological polar surface area (TPSA) is 71.1 Å². The Bertz CT molecular complexity index is 489. The second kappa shape index (κ2) is 6.52. The van der Waals surface area contributed by atoms with E-state index in [-0.39, 0.29) is 22.9 Å². The maximum Gasteiger partial charge on any atom is 0.252 e. The number of aromatic nitrogens is 1. The van der Waals surface area contributed by atoms with Crippen molar-refractivity contribution in [1.29, 1.82) is 0 Å². The van der Waals surface area contributed by atoms with Gasteiger partial charge in [0.2, 0.25) is 5.91 Å². The smallest absolute Gasteiger partial charge is 0.252 e. The van der Waals surface area contributed by atoms with E-state index in [0.717, 1.165) is 5.69 Å². The Labute approximate surface area is 117 Å². The first kappa shape index (κ1) is 15.4. The summed E-state index contributed by atoms with van der Waals surface area (Å²) in [5, 5.41) is 5.34. The first-order chi connectivity index (χ1) is 8.85. The van der Waals surface area contributed by atoms with Crippen LogP contribution in [0.3, 0.4) is 0 Å². The molecule has 0 aliphatic carbocycles. The van der Waals surface area contributed by atoms with E-state index in [4.69, 9.17) is 11.6 Å². The molecule has 0 saturated heterocycles. The zero-order valence-corrected chi connectivity index (χ0v) is 12.2. The molecule has 19 heavy (non-hydrogen) atoms. The highest BCUT2D eigenvalue weighted by atomic mass is 35.5. The van der Waals surface area contributed by atoms with E-state index in [2.05, 4.69) is 15.6 Å². The summed E-state index contributed by atoms with van der Waals surface area (Å²) in [6, 6.07) is 2.56. The minimum atomic E-state index is -0.605. The molecule has 1 rings (SSSR count). The molecule has 1 atom stereocenters. The van der Waals surface area contributed by atoms with Gasteiger partial charge in [-0.2, -0.15) is 0 Å². The highest BCUT2D eigenvalue weighted by Crippen LogP contribution is 2.17. The maximum atomic E-state index is 12.0. The van der Waals surface area contributed by atoms with Crippen molar-refractivity contribution in [2.24, 2.45) is 0 Å². The monoisotopic (exact) mass is 283 g/mol. The van der Waals surface area contributed by atoms with Crippen LogP contribution in [0.2, 0.25) is 5.15 Å². The van der Waals surface area contributed by atoms with Crippen LogP contribution in [0.15, 0.2) is 12.1 Å². The number of hydrogen-bond donors (Lipinski definition) is 2. The molecule has 5 nitrogen and oxygen atoms in total. The van der Waals surface area contributed by atoms with E-state index in [1.165, 1.54) is 13.1 Å². The van der Waals surface area contributed by atoms with Gasteiger partial charge in [-0.05, 0) is 25.0 Å². The normalized spacial score (nSPS) is 12.1. The fourth-order valence-corrected chi connectivity index (χ4v) is 1.72. The Morgan fingerprint density at radius 2 is 1.89 bits per heavy atom. The van der Waals surface area contributed by atoms with Crippen LogP contribution in [0.1, 0.15) is 42.7 Å². The van der Waals surface area contributed by atoms with E-state index in [9.17, 15) is 9.59 Å². The number of rotatable bonds is 4. The molecule has 0 aliphatic heterocycles. The number of likely N-dealkylation sites (N-methyl/N-ethyl adjacent to an activating group) is 1. The molecule has 1 aromatic rings. The fourth-order valence-electron chi connectivity index (χ4n) is 1.51. The molecule has 2 amide bonds. The van der Waals surface area contributed by atoms with E-state index in [1.54, 1.807) is 13.0 Å². The molecule has 0 saturated carbocycles. The molecular weight excluding hydrogens is 266 g/mol. The van der Waals surface area contributed by atoms with Crippen molar-refractivity contribution < 1.29 is 9.59 Å². The van der Waals surface area contributed by atoms with Crippen molar-refractivity contribution in [1.82, 2.24) is 15.6 Å². The SMILES string of the molecule is CNC(=O)C(C)NC(=O)c1cc(Cl)nc(C(C)C)c1. The molecule has 0 fully saturated rings. The van der Waals surface area contributed by atoms with Gasteiger partial charge in [0.1, 0.15) is 11.2 Å². The summed E-state index contributed by atoms with van der Waals surface area (Å²) in [5.41, 5.74) is 1.14. The predicted octanol–water partition coefficient (Wildman–Crippen LogP) is 1.72. The number of nitrogens with one attached hydrogen (secondary N) is 2. The van der Waals surface area contributed by atoms with E-state index >= 15 is 0 Å². The highest BCUT2D eigenvalue weighted by molar-refractivity contribution is 6.29. The molecule has 1 aromatic heterocycles. The first-order valence-corrected chi connectivity index (χ1v) is 6.43. The maximum absolute atomic E-state index is 12.0. The zero-order valence-electron chi connectivity index (χ0n) is 11.5. The van der Waals surface area contributed by atoms with Gasteiger partial charge in [0.05, 0.1) is 0 Å². The van der Waals surface area contributed by atoms with Gasteiger partial charge in [0, 0.05) is 18.3 Å². The van der Waals surface area contributed by atoms with Crippen molar-refractivity contribution in [2.45, 2.75) is 32.7 Å². The summed E-state index contributed by atoms with van der Waals surface area (Å²) < 4.78 is 0. The standard InChI is InChI=1S/C13H18ClN3O2/c1-7(2)10-5-9(6-11(14)17-10)13(19)16-8(3)12(18)15-4/h5-8H,1-4H3,(H,15,18)(H,16,19). The first-order valence-electron chi connectivity index (χ1n) is 6.05. The van der Waals surface area contributed by atoms with Gasteiger partial charge in [-0.15, -0.1) is 0 Å². The summed E-state index contributed by atoms with van der Waals surface area (Å²) in [5.74, 6) is -0.429. The summed E-state index contributed by atoms with van der Waals surface area (Å²) in [6.45, 7) is 5.55. The second-order valence-electron chi connectivity index (χ2n) is 4.57. The molecule has 1 heterocycles. The fraction of sp³-hybridized carbons (Fsp3) is 0.462. The average Bonchev–Trinajstić information content (AvgIpc) is 2.36. The van der Waals surface area contributed by atoms with Crippen molar-refractivity contribution in [3.63, 3.8) is 0 Å². The van der Waals surface area contributed by atoms with Crippen LogP contribution in [-0.2, 0) is 4.79 Å². The predicted molar refractivity (Wildman–Crippen MR) is 74.3 cm³/mol. The molecule has 1 unspecified atom stereocenters. The van der Waals surface area contributed by atoms with Crippen molar-refractivity contribution in [3.8, 4) is 0 Å². The number of carbonyl (C=O) groups is 2. The van der Waals surface area contributed by atoms with Crippen molar-refractivity contribution >= 4 is 23.4 Å². The number of hydrogen-bond acceptors (Lipinski definition) is 3. The summed E-state index contributed by atoms with van der Waals surface area (Å²) >= 11 is 5.89. The van der Waals surface area contributed by atoms with Crippen LogP contribution in [0.5, 0.6) is 0 Å². The van der Waals surface area contributed by atoms with E-state index in [1.807, 2.05) is 13.8 Å². The Morgan fingerprint density at radius 3 is 2.42 bits per heavy atom. The van der Waals surface area contributed by atoms with Crippen LogP contribution in [0.4, 0.5) is 0 Å². The summed E-state index contributed by atoms with van der Waals surface area (Å²) in [6.07, 6.45) is 0. The lowest BCUT2D eigenvalue weighted by atomic mass is 10.1. The Morgan fingerprint density at radius 1 is 1.26 bits per heavy atom. The van der Waals surface area contributed by atoms with Crippen LogP contribution < -0.4 is 10.6 Å². The Hall–Kier alpha value is -1.62. The van der Waals surface area contributed by atoms with Gasteiger partial charge >= 0.3 is 0 Å². The van der Waals surface area contributed by atoms with Crippen LogP contribution in [-0.4, -0.2) is 29.9 Å². The van der Waals surface area contributed by atoms with Gasteiger partial charge in [-0.3, -0.25) is 9.59 Å². The largest absolute Gasteiger partial charge is 0.357 e. The number of nitrogens with zero attached hydrogens (tertiary/aromatic N) is 1. The number of amides is 2. The Balaban J connectivity index is 2.91. The molecule has 0 aromatic carbocycles. The van der Waals surface area contributed by atoms with Gasteiger partial charge < -0.3 is 10.6 Å².